The number of nitrogens with one attached hydrogen (secondary N) is 1. The van der Waals surface area contributed by atoms with E-state index in [1.807, 2.05) is 0 Å². The molecule has 1 N–H and O–H groups in total. The Balaban J connectivity index is 2.17. The van der Waals surface area contributed by atoms with E-state index in [9.17, 15) is 18.0 Å². The quantitative estimate of drug-likeness (QED) is 0.744. The molecular formula is C13H8F3N3O. The normalized spacial score (nSPS) is 11.9. The first-order valence-corrected chi connectivity index (χ1v) is 5.70. The molecule has 0 aliphatic rings. The number of aromatic nitrogens is 3. The predicted molar refractivity (Wildman–Crippen MR) is 66.7 cm³/mol. The molecule has 0 saturated heterocycles. The van der Waals surface area contributed by atoms with Gasteiger partial charge >= 0.3 is 11.9 Å². The molecule has 3 rings (SSSR count). The van der Waals surface area contributed by atoms with Crippen molar-refractivity contribution in [2.24, 2.45) is 0 Å². The third-order valence-electron chi connectivity index (χ3n) is 2.91. The van der Waals surface area contributed by atoms with Crippen molar-refractivity contribution in [3.8, 4) is 5.69 Å². The number of nitrogens with zero attached hydrogens (tertiary/aromatic N) is 2. The molecule has 0 aliphatic heterocycles. The number of H-pyrrole nitrogens is 1. The number of aromatic amines is 1. The standard InChI is InChI=1S/C13H8F3N3O/c14-13(15,16)8-3-5-9(6-4-8)19-10-2-1-7-17-11(10)18-12(19)20/h1-7H,(H,17,18,20). The zero-order valence-electron chi connectivity index (χ0n) is 9.98. The molecule has 0 atom stereocenters. The summed E-state index contributed by atoms with van der Waals surface area (Å²) in [4.78, 5) is 18.4. The van der Waals surface area contributed by atoms with Crippen LogP contribution in [0.15, 0.2) is 47.4 Å². The summed E-state index contributed by atoms with van der Waals surface area (Å²) in [6, 6.07) is 7.71. The molecule has 20 heavy (non-hydrogen) atoms. The highest BCUT2D eigenvalue weighted by atomic mass is 19.4. The second kappa shape index (κ2) is 4.22. The largest absolute Gasteiger partial charge is 0.416 e. The van der Waals surface area contributed by atoms with E-state index >= 15 is 0 Å². The van der Waals surface area contributed by atoms with Gasteiger partial charge in [0.2, 0.25) is 0 Å². The SMILES string of the molecule is O=c1[nH]c2ncccc2n1-c1ccc(C(F)(F)F)cc1. The Morgan fingerprint density at radius 1 is 1.10 bits per heavy atom. The summed E-state index contributed by atoms with van der Waals surface area (Å²) in [5, 5.41) is 0. The topological polar surface area (TPSA) is 50.7 Å². The molecule has 102 valence electrons. The van der Waals surface area contributed by atoms with Gasteiger partial charge in [0.25, 0.3) is 0 Å². The number of imidazole rings is 1. The van der Waals surface area contributed by atoms with Crippen LogP contribution in [0.3, 0.4) is 0 Å². The van der Waals surface area contributed by atoms with Crippen molar-refractivity contribution in [2.75, 3.05) is 0 Å². The molecule has 0 aliphatic carbocycles. The van der Waals surface area contributed by atoms with E-state index in [1.54, 1.807) is 12.1 Å². The summed E-state index contributed by atoms with van der Waals surface area (Å²) in [5.41, 5.74) is 0.0441. The van der Waals surface area contributed by atoms with E-state index in [-0.39, 0.29) is 0 Å². The second-order valence-corrected chi connectivity index (χ2v) is 4.18. The van der Waals surface area contributed by atoms with E-state index in [2.05, 4.69) is 9.97 Å². The Kier molecular flexibility index (Phi) is 2.63. The predicted octanol–water partition coefficient (Wildman–Crippen LogP) is 2.73. The van der Waals surface area contributed by atoms with Crippen LogP contribution >= 0.6 is 0 Å². The van der Waals surface area contributed by atoms with Gasteiger partial charge in [-0.1, -0.05) is 0 Å². The van der Waals surface area contributed by atoms with Gasteiger partial charge in [-0.25, -0.2) is 9.78 Å². The molecule has 0 fully saturated rings. The van der Waals surface area contributed by atoms with Gasteiger partial charge in [0.15, 0.2) is 5.65 Å². The maximum atomic E-state index is 12.5. The summed E-state index contributed by atoms with van der Waals surface area (Å²) in [6.07, 6.45) is -2.87. The Hall–Kier alpha value is -2.57. The molecule has 2 aromatic heterocycles. The highest BCUT2D eigenvalue weighted by Crippen LogP contribution is 2.29. The van der Waals surface area contributed by atoms with Gasteiger partial charge < -0.3 is 0 Å². The lowest BCUT2D eigenvalue weighted by Crippen LogP contribution is -2.15. The monoisotopic (exact) mass is 279 g/mol. The fourth-order valence-electron chi connectivity index (χ4n) is 2.00. The molecule has 1 aromatic carbocycles. The fraction of sp³-hybridized carbons (Fsp3) is 0.0769. The minimum Gasteiger partial charge on any atom is -0.290 e. The molecule has 2 heterocycles. The van der Waals surface area contributed by atoms with E-state index in [0.29, 0.717) is 16.9 Å². The van der Waals surface area contributed by atoms with Crippen molar-refractivity contribution < 1.29 is 13.2 Å². The molecule has 0 spiro atoms. The highest BCUT2D eigenvalue weighted by Gasteiger charge is 2.30. The van der Waals surface area contributed by atoms with Crippen LogP contribution in [0.25, 0.3) is 16.9 Å². The summed E-state index contributed by atoms with van der Waals surface area (Å²) >= 11 is 0. The van der Waals surface area contributed by atoms with Crippen LogP contribution in [-0.4, -0.2) is 14.5 Å². The molecule has 0 saturated carbocycles. The molecule has 0 radical (unpaired) electrons. The Labute approximate surface area is 110 Å². The zero-order valence-corrected chi connectivity index (χ0v) is 9.98. The van der Waals surface area contributed by atoms with Gasteiger partial charge in [-0.05, 0) is 36.4 Å². The smallest absolute Gasteiger partial charge is 0.290 e. The Morgan fingerprint density at radius 2 is 1.80 bits per heavy atom. The van der Waals surface area contributed by atoms with Crippen molar-refractivity contribution >= 4 is 11.2 Å². The van der Waals surface area contributed by atoms with E-state index in [1.165, 1.54) is 22.9 Å². The molecule has 3 aromatic rings. The number of halogens is 3. The third kappa shape index (κ3) is 1.97. The van der Waals surface area contributed by atoms with Crippen LogP contribution in [0.2, 0.25) is 0 Å². The lowest BCUT2D eigenvalue weighted by Gasteiger charge is -2.08. The molecule has 0 unspecified atom stereocenters. The second-order valence-electron chi connectivity index (χ2n) is 4.18. The maximum Gasteiger partial charge on any atom is 0.416 e. The lowest BCUT2D eigenvalue weighted by molar-refractivity contribution is -0.137. The number of rotatable bonds is 1. The minimum atomic E-state index is -4.40. The van der Waals surface area contributed by atoms with Gasteiger partial charge in [0.05, 0.1) is 16.8 Å². The van der Waals surface area contributed by atoms with Gasteiger partial charge in [0, 0.05) is 6.20 Å². The number of hydrogen-bond acceptors (Lipinski definition) is 2. The number of hydrogen-bond donors (Lipinski definition) is 1. The third-order valence-corrected chi connectivity index (χ3v) is 2.91. The Morgan fingerprint density at radius 3 is 2.45 bits per heavy atom. The van der Waals surface area contributed by atoms with Crippen molar-refractivity contribution in [3.63, 3.8) is 0 Å². The molecule has 4 nitrogen and oxygen atoms in total. The summed E-state index contributed by atoms with van der Waals surface area (Å²) in [7, 11) is 0. The summed E-state index contributed by atoms with van der Waals surface area (Å²) < 4.78 is 38.8. The number of benzene rings is 1. The summed E-state index contributed by atoms with van der Waals surface area (Å²) in [6.45, 7) is 0. The fourth-order valence-corrected chi connectivity index (χ4v) is 2.00. The Bertz CT molecular complexity index is 815. The maximum absolute atomic E-state index is 12.5. The average molecular weight is 279 g/mol. The van der Waals surface area contributed by atoms with Gasteiger partial charge in [-0.2, -0.15) is 13.2 Å². The van der Waals surface area contributed by atoms with Gasteiger partial charge in [-0.3, -0.25) is 9.55 Å². The number of pyridine rings is 1. The lowest BCUT2D eigenvalue weighted by atomic mass is 10.2. The first kappa shape index (κ1) is 12.5. The van der Waals surface area contributed by atoms with Crippen molar-refractivity contribution in [1.29, 1.82) is 0 Å². The molecule has 7 heteroatoms. The minimum absolute atomic E-state index is 0.349. The highest BCUT2D eigenvalue weighted by molar-refractivity contribution is 5.72. The van der Waals surface area contributed by atoms with E-state index in [0.717, 1.165) is 12.1 Å². The van der Waals surface area contributed by atoms with Gasteiger partial charge in [0.1, 0.15) is 0 Å². The van der Waals surface area contributed by atoms with Crippen molar-refractivity contribution in [1.82, 2.24) is 14.5 Å². The van der Waals surface area contributed by atoms with Crippen LogP contribution < -0.4 is 5.69 Å². The van der Waals surface area contributed by atoms with E-state index < -0.39 is 17.4 Å². The van der Waals surface area contributed by atoms with E-state index in [4.69, 9.17) is 0 Å². The first-order chi connectivity index (χ1) is 9.47. The molecule has 0 amide bonds. The molecular weight excluding hydrogens is 271 g/mol. The summed E-state index contributed by atoms with van der Waals surface area (Å²) in [5.74, 6) is 0. The van der Waals surface area contributed by atoms with Gasteiger partial charge in [-0.15, -0.1) is 0 Å². The van der Waals surface area contributed by atoms with Crippen molar-refractivity contribution in [2.45, 2.75) is 6.18 Å². The van der Waals surface area contributed by atoms with Crippen LogP contribution in [0, 0.1) is 0 Å². The first-order valence-electron chi connectivity index (χ1n) is 5.70. The average Bonchev–Trinajstić information content (AvgIpc) is 2.73. The van der Waals surface area contributed by atoms with Crippen molar-refractivity contribution in [3.05, 3.63) is 58.6 Å². The van der Waals surface area contributed by atoms with Crippen LogP contribution in [-0.2, 0) is 6.18 Å². The van der Waals surface area contributed by atoms with Crippen LogP contribution in [0.4, 0.5) is 13.2 Å². The van der Waals surface area contributed by atoms with Crippen LogP contribution in [0.5, 0.6) is 0 Å². The van der Waals surface area contributed by atoms with Crippen LogP contribution in [0.1, 0.15) is 5.56 Å². The zero-order chi connectivity index (χ0) is 14.3. The molecule has 0 bridgehead atoms. The number of alkyl halides is 3. The number of fused-ring (bicyclic) bond motifs is 1.